The van der Waals surface area contributed by atoms with Crippen LogP contribution < -0.4 is 11.1 Å². The second-order valence-corrected chi connectivity index (χ2v) is 6.57. The molecular weight excluding hydrogens is 346 g/mol. The molecule has 3 rings (SSSR count). The van der Waals surface area contributed by atoms with Crippen LogP contribution in [0.3, 0.4) is 0 Å². The van der Waals surface area contributed by atoms with Crippen molar-refractivity contribution < 1.29 is 14.3 Å². The number of nitrogens with one attached hydrogen (secondary N) is 1. The zero-order valence-corrected chi connectivity index (χ0v) is 14.0. The standard InChI is InChI=1S/C16H13N3O3S2/c17-11-4-1-3-10(7-11)15(21)22-8-14(20)19-16-18-12(9-24-16)13-5-2-6-23-13/h1-7,9H,8,17H2,(H,18,19,20). The van der Waals surface area contributed by atoms with E-state index >= 15 is 0 Å². The molecule has 122 valence electrons. The molecule has 0 saturated carbocycles. The highest BCUT2D eigenvalue weighted by Gasteiger charge is 2.12. The lowest BCUT2D eigenvalue weighted by Gasteiger charge is -2.05. The molecule has 0 saturated heterocycles. The van der Waals surface area contributed by atoms with Crippen LogP contribution in [0, 0.1) is 0 Å². The molecule has 0 aliphatic rings. The van der Waals surface area contributed by atoms with E-state index in [0.29, 0.717) is 16.4 Å². The maximum absolute atomic E-state index is 11.9. The number of rotatable bonds is 5. The van der Waals surface area contributed by atoms with E-state index in [1.54, 1.807) is 29.5 Å². The molecule has 3 aromatic rings. The van der Waals surface area contributed by atoms with Gasteiger partial charge in [-0.3, -0.25) is 10.1 Å². The summed E-state index contributed by atoms with van der Waals surface area (Å²) in [7, 11) is 0. The minimum absolute atomic E-state index is 0.303. The van der Waals surface area contributed by atoms with Crippen molar-refractivity contribution in [3.05, 3.63) is 52.7 Å². The maximum atomic E-state index is 11.9. The fourth-order valence-corrected chi connectivity index (χ4v) is 3.39. The van der Waals surface area contributed by atoms with E-state index in [9.17, 15) is 9.59 Å². The number of carbonyl (C=O) groups is 2. The van der Waals surface area contributed by atoms with Gasteiger partial charge in [-0.15, -0.1) is 22.7 Å². The SMILES string of the molecule is Nc1cccc(C(=O)OCC(=O)Nc2nc(-c3cccs3)cs2)c1. The van der Waals surface area contributed by atoms with Gasteiger partial charge in [0.05, 0.1) is 16.1 Å². The Bertz CT molecular complexity index is 859. The van der Waals surface area contributed by atoms with Crippen molar-refractivity contribution in [1.82, 2.24) is 4.98 Å². The zero-order chi connectivity index (χ0) is 16.9. The fraction of sp³-hybridized carbons (Fsp3) is 0.0625. The third-order valence-corrected chi connectivity index (χ3v) is 4.63. The molecule has 24 heavy (non-hydrogen) atoms. The highest BCUT2D eigenvalue weighted by molar-refractivity contribution is 7.16. The van der Waals surface area contributed by atoms with E-state index in [4.69, 9.17) is 10.5 Å². The largest absolute Gasteiger partial charge is 0.452 e. The number of ether oxygens (including phenoxy) is 1. The van der Waals surface area contributed by atoms with Gasteiger partial charge in [-0.25, -0.2) is 9.78 Å². The van der Waals surface area contributed by atoms with Gasteiger partial charge in [-0.05, 0) is 29.6 Å². The first-order chi connectivity index (χ1) is 11.6. The van der Waals surface area contributed by atoms with Crippen LogP contribution >= 0.6 is 22.7 Å². The van der Waals surface area contributed by atoms with Gasteiger partial charge in [-0.1, -0.05) is 12.1 Å². The van der Waals surface area contributed by atoms with Gasteiger partial charge in [0.25, 0.3) is 5.91 Å². The molecule has 0 unspecified atom stereocenters. The Morgan fingerprint density at radius 1 is 1.21 bits per heavy atom. The Hall–Kier alpha value is -2.71. The molecule has 0 fully saturated rings. The summed E-state index contributed by atoms with van der Waals surface area (Å²) in [5, 5.41) is 6.90. The molecule has 0 spiro atoms. The van der Waals surface area contributed by atoms with Crippen LogP contribution in [-0.2, 0) is 9.53 Å². The Kier molecular flexibility index (Phi) is 4.88. The van der Waals surface area contributed by atoms with Crippen molar-refractivity contribution in [2.45, 2.75) is 0 Å². The normalized spacial score (nSPS) is 10.3. The van der Waals surface area contributed by atoms with E-state index in [0.717, 1.165) is 10.6 Å². The minimum atomic E-state index is -0.601. The highest BCUT2D eigenvalue weighted by Crippen LogP contribution is 2.28. The van der Waals surface area contributed by atoms with Gasteiger partial charge < -0.3 is 10.5 Å². The molecule has 2 heterocycles. The molecule has 6 nitrogen and oxygen atoms in total. The Labute approximate surface area is 145 Å². The number of carbonyl (C=O) groups excluding carboxylic acids is 2. The number of nitrogen functional groups attached to an aromatic ring is 1. The van der Waals surface area contributed by atoms with E-state index < -0.39 is 11.9 Å². The summed E-state index contributed by atoms with van der Waals surface area (Å²) in [6.07, 6.45) is 0. The summed E-state index contributed by atoms with van der Waals surface area (Å²) in [5.41, 5.74) is 7.17. The monoisotopic (exact) mass is 359 g/mol. The maximum Gasteiger partial charge on any atom is 0.338 e. The van der Waals surface area contributed by atoms with Crippen LogP contribution in [0.2, 0.25) is 0 Å². The average Bonchev–Trinajstić information content (AvgIpc) is 3.23. The van der Waals surface area contributed by atoms with Crippen molar-refractivity contribution in [3.8, 4) is 10.6 Å². The number of anilines is 2. The summed E-state index contributed by atoms with van der Waals surface area (Å²) in [4.78, 5) is 29.1. The predicted molar refractivity (Wildman–Crippen MR) is 95.2 cm³/mol. The number of thiophene rings is 1. The number of aromatic nitrogens is 1. The molecule has 1 aromatic carbocycles. The third-order valence-electron chi connectivity index (χ3n) is 2.98. The van der Waals surface area contributed by atoms with Crippen LogP contribution in [0.4, 0.5) is 10.8 Å². The van der Waals surface area contributed by atoms with Crippen molar-refractivity contribution in [3.63, 3.8) is 0 Å². The third kappa shape index (κ3) is 3.98. The van der Waals surface area contributed by atoms with Crippen LogP contribution in [0.25, 0.3) is 10.6 Å². The number of esters is 1. The van der Waals surface area contributed by atoms with Crippen molar-refractivity contribution in [2.75, 3.05) is 17.7 Å². The van der Waals surface area contributed by atoms with Gasteiger partial charge in [0, 0.05) is 11.1 Å². The second-order valence-electron chi connectivity index (χ2n) is 4.76. The second kappa shape index (κ2) is 7.24. The lowest BCUT2D eigenvalue weighted by atomic mass is 10.2. The topological polar surface area (TPSA) is 94.3 Å². The first kappa shape index (κ1) is 16.2. The lowest BCUT2D eigenvalue weighted by molar-refractivity contribution is -0.119. The summed E-state index contributed by atoms with van der Waals surface area (Å²) in [5.74, 6) is -1.05. The van der Waals surface area contributed by atoms with Crippen LogP contribution in [-0.4, -0.2) is 23.5 Å². The fourth-order valence-electron chi connectivity index (χ4n) is 1.90. The van der Waals surface area contributed by atoms with E-state index in [-0.39, 0.29) is 6.61 Å². The number of hydrogen-bond donors (Lipinski definition) is 2. The van der Waals surface area contributed by atoms with E-state index in [2.05, 4.69) is 10.3 Å². The number of nitrogens with two attached hydrogens (primary N) is 1. The molecule has 0 radical (unpaired) electrons. The van der Waals surface area contributed by atoms with Crippen LogP contribution in [0.15, 0.2) is 47.2 Å². The number of nitrogens with zero attached hydrogens (tertiary/aromatic N) is 1. The van der Waals surface area contributed by atoms with Crippen LogP contribution in [0.5, 0.6) is 0 Å². The smallest absolute Gasteiger partial charge is 0.338 e. The number of amides is 1. The van der Waals surface area contributed by atoms with Crippen molar-refractivity contribution in [2.24, 2.45) is 0 Å². The van der Waals surface area contributed by atoms with E-state index in [1.807, 2.05) is 22.9 Å². The van der Waals surface area contributed by atoms with Gasteiger partial charge >= 0.3 is 5.97 Å². The summed E-state index contributed by atoms with van der Waals surface area (Å²) >= 11 is 2.89. The van der Waals surface area contributed by atoms with Gasteiger partial charge in [0.1, 0.15) is 0 Å². The van der Waals surface area contributed by atoms with Crippen molar-refractivity contribution >= 4 is 45.4 Å². The predicted octanol–water partition coefficient (Wildman–Crippen LogP) is 3.25. The zero-order valence-electron chi connectivity index (χ0n) is 12.4. The first-order valence-corrected chi connectivity index (χ1v) is 8.69. The average molecular weight is 359 g/mol. The lowest BCUT2D eigenvalue weighted by Crippen LogP contribution is -2.20. The van der Waals surface area contributed by atoms with Gasteiger partial charge in [0.2, 0.25) is 0 Å². The number of hydrogen-bond acceptors (Lipinski definition) is 7. The summed E-state index contributed by atoms with van der Waals surface area (Å²) < 4.78 is 4.97. The molecular formula is C16H13N3O3S2. The Balaban J connectivity index is 1.53. The quantitative estimate of drug-likeness (QED) is 0.539. The molecule has 0 aliphatic carbocycles. The molecule has 0 aliphatic heterocycles. The first-order valence-electron chi connectivity index (χ1n) is 6.94. The Morgan fingerprint density at radius 3 is 2.83 bits per heavy atom. The van der Waals surface area contributed by atoms with E-state index in [1.165, 1.54) is 17.4 Å². The molecule has 3 N–H and O–H groups in total. The minimum Gasteiger partial charge on any atom is -0.452 e. The summed E-state index contributed by atoms with van der Waals surface area (Å²) in [6.45, 7) is -0.387. The molecule has 8 heteroatoms. The van der Waals surface area contributed by atoms with Crippen LogP contribution in [0.1, 0.15) is 10.4 Å². The number of benzene rings is 1. The molecule has 2 aromatic heterocycles. The summed E-state index contributed by atoms with van der Waals surface area (Å²) in [6, 6.07) is 10.3. The van der Waals surface area contributed by atoms with Gasteiger partial charge in [0.15, 0.2) is 11.7 Å². The number of thiazole rings is 1. The molecule has 0 bridgehead atoms. The Morgan fingerprint density at radius 2 is 2.08 bits per heavy atom. The van der Waals surface area contributed by atoms with Gasteiger partial charge in [-0.2, -0.15) is 0 Å². The van der Waals surface area contributed by atoms with Crippen molar-refractivity contribution in [1.29, 1.82) is 0 Å². The molecule has 0 atom stereocenters. The molecule has 1 amide bonds. The highest BCUT2D eigenvalue weighted by atomic mass is 32.1.